The number of alkyl halides is 6. The molecule has 1 saturated heterocycles. The van der Waals surface area contributed by atoms with Gasteiger partial charge in [-0.15, -0.1) is 0 Å². The van der Waals surface area contributed by atoms with Gasteiger partial charge < -0.3 is 15.4 Å². The van der Waals surface area contributed by atoms with Crippen molar-refractivity contribution in [3.63, 3.8) is 0 Å². The number of carbonyl (C=O) groups is 3. The van der Waals surface area contributed by atoms with Crippen molar-refractivity contribution in [2.45, 2.75) is 95.4 Å². The molecule has 1 aliphatic heterocycles. The summed E-state index contributed by atoms with van der Waals surface area (Å²) in [7, 11) is 0. The summed E-state index contributed by atoms with van der Waals surface area (Å²) >= 11 is 0. The van der Waals surface area contributed by atoms with Gasteiger partial charge in [0.1, 0.15) is 11.6 Å². The second-order valence-corrected chi connectivity index (χ2v) is 12.6. The van der Waals surface area contributed by atoms with Crippen molar-refractivity contribution in [3.8, 4) is 0 Å². The Labute approximate surface area is 257 Å². The molecule has 2 aromatic carbocycles. The summed E-state index contributed by atoms with van der Waals surface area (Å²) < 4.78 is 84.7. The van der Waals surface area contributed by atoms with Crippen molar-refractivity contribution in [2.24, 2.45) is 5.92 Å². The van der Waals surface area contributed by atoms with Crippen LogP contribution in [0.15, 0.2) is 48.5 Å². The predicted molar refractivity (Wildman–Crippen MR) is 153 cm³/mol. The molecule has 4 rings (SSSR count). The van der Waals surface area contributed by atoms with Crippen LogP contribution >= 0.6 is 0 Å². The summed E-state index contributed by atoms with van der Waals surface area (Å²) in [4.78, 5) is 40.7. The van der Waals surface area contributed by atoms with E-state index in [1.165, 1.54) is 4.90 Å². The van der Waals surface area contributed by atoms with Gasteiger partial charge in [0.2, 0.25) is 5.91 Å². The maximum Gasteiger partial charge on any atom is 0.416 e. The molecular weight excluding hydrogens is 604 g/mol. The topological polar surface area (TPSA) is 87.7 Å². The average molecular weight is 642 g/mol. The average Bonchev–Trinajstić information content (AvgIpc) is 3.41. The van der Waals surface area contributed by atoms with Crippen LogP contribution in [0.5, 0.6) is 0 Å². The molecule has 0 aromatic heterocycles. The lowest BCUT2D eigenvalue weighted by molar-refractivity contribution is -0.143. The van der Waals surface area contributed by atoms with Crippen molar-refractivity contribution in [1.29, 1.82) is 0 Å². The van der Waals surface area contributed by atoms with E-state index in [9.17, 15) is 40.7 Å². The highest BCUT2D eigenvalue weighted by molar-refractivity contribution is 5.94. The summed E-state index contributed by atoms with van der Waals surface area (Å²) in [6.07, 6.45) is -7.40. The van der Waals surface area contributed by atoms with Crippen LogP contribution in [0, 0.1) is 5.92 Å². The first-order chi connectivity index (χ1) is 20.9. The summed E-state index contributed by atoms with van der Waals surface area (Å²) in [6, 6.07) is 8.98. The molecule has 2 fully saturated rings. The predicted octanol–water partition coefficient (Wildman–Crippen LogP) is 7.27. The van der Waals surface area contributed by atoms with E-state index in [0.29, 0.717) is 50.7 Å². The number of nitrogens with zero attached hydrogens (tertiary/aromatic N) is 1. The number of nitrogens with one attached hydrogen (secondary N) is 2. The fourth-order valence-electron chi connectivity index (χ4n) is 5.87. The molecule has 3 amide bonds. The maximum atomic E-state index is 13.4. The van der Waals surface area contributed by atoms with E-state index in [1.54, 1.807) is 20.8 Å². The molecule has 0 unspecified atom stereocenters. The summed E-state index contributed by atoms with van der Waals surface area (Å²) in [5.41, 5.74) is -3.68. The first kappa shape index (κ1) is 34.1. The highest BCUT2D eigenvalue weighted by Crippen LogP contribution is 2.38. The third kappa shape index (κ3) is 8.91. The van der Waals surface area contributed by atoms with Gasteiger partial charge in [-0.25, -0.2) is 4.79 Å². The van der Waals surface area contributed by atoms with E-state index in [1.807, 2.05) is 30.3 Å². The van der Waals surface area contributed by atoms with Crippen LogP contribution in [-0.2, 0) is 21.9 Å². The lowest BCUT2D eigenvalue weighted by Crippen LogP contribution is -2.51. The van der Waals surface area contributed by atoms with Gasteiger partial charge in [0.15, 0.2) is 0 Å². The minimum atomic E-state index is -5.05. The quantitative estimate of drug-likeness (QED) is 0.325. The molecule has 0 radical (unpaired) electrons. The summed E-state index contributed by atoms with van der Waals surface area (Å²) in [5, 5.41) is 5.51. The van der Waals surface area contributed by atoms with Gasteiger partial charge in [-0.3, -0.25) is 14.5 Å². The molecule has 246 valence electrons. The Kier molecular flexibility index (Phi) is 10.1. The van der Waals surface area contributed by atoms with Crippen molar-refractivity contribution < 1.29 is 45.5 Å². The monoisotopic (exact) mass is 641 g/mol. The van der Waals surface area contributed by atoms with Crippen LogP contribution in [0.25, 0.3) is 0 Å². The third-order valence-corrected chi connectivity index (χ3v) is 8.07. The number of benzene rings is 2. The molecule has 1 aliphatic carbocycles. The first-order valence-electron chi connectivity index (χ1n) is 14.9. The number of hydrogen-bond acceptors (Lipinski definition) is 4. The SMILES string of the molecule is CC(C)(C)OC(=O)N1[C@@H](C(=O)NC2CCC(CNC(=O)c3cc(C(F)(F)F)cc(C(F)(F)F)c3)CC2)CC[C@H]1c1ccccc1. The lowest BCUT2D eigenvalue weighted by Gasteiger charge is -2.34. The van der Waals surface area contributed by atoms with Crippen LogP contribution in [0.4, 0.5) is 31.1 Å². The normalized spacial score (nSPS) is 22.6. The van der Waals surface area contributed by atoms with Crippen LogP contribution < -0.4 is 10.6 Å². The van der Waals surface area contributed by atoms with Crippen LogP contribution in [0.1, 0.15) is 92.4 Å². The van der Waals surface area contributed by atoms with Crippen molar-refractivity contribution in [1.82, 2.24) is 15.5 Å². The van der Waals surface area contributed by atoms with E-state index in [4.69, 9.17) is 4.74 Å². The van der Waals surface area contributed by atoms with Gasteiger partial charge in [-0.1, -0.05) is 30.3 Å². The number of carbonyl (C=O) groups excluding carboxylic acids is 3. The number of rotatable bonds is 6. The highest BCUT2D eigenvalue weighted by atomic mass is 19.4. The summed E-state index contributed by atoms with van der Waals surface area (Å²) in [5.74, 6) is -1.40. The van der Waals surface area contributed by atoms with Crippen molar-refractivity contribution >= 4 is 17.9 Å². The first-order valence-corrected chi connectivity index (χ1v) is 14.9. The van der Waals surface area contributed by atoms with Gasteiger partial charge in [0.05, 0.1) is 17.2 Å². The minimum absolute atomic E-state index is 0.0214. The van der Waals surface area contributed by atoms with E-state index >= 15 is 0 Å². The molecule has 0 bridgehead atoms. The molecule has 13 heteroatoms. The van der Waals surface area contributed by atoms with E-state index in [2.05, 4.69) is 10.6 Å². The van der Waals surface area contributed by atoms with Crippen LogP contribution in [0.2, 0.25) is 0 Å². The van der Waals surface area contributed by atoms with E-state index in [-0.39, 0.29) is 36.5 Å². The van der Waals surface area contributed by atoms with Crippen LogP contribution in [-0.4, -0.2) is 47.0 Å². The Hall–Kier alpha value is -3.77. The Morgan fingerprint density at radius 2 is 1.40 bits per heavy atom. The zero-order valence-corrected chi connectivity index (χ0v) is 25.2. The standard InChI is InChI=1S/C32H37F6N3O4/c1-30(2,3)45-29(44)41-25(20-7-5-4-6-8-20)13-14-26(41)28(43)40-24-11-9-19(10-12-24)18-39-27(42)21-15-22(31(33,34)35)17-23(16-21)32(36,37)38/h4-8,15-17,19,24-26H,9-14,18H2,1-3H3,(H,39,42)(H,40,43)/t19?,24?,25-,26+/m0/s1. The smallest absolute Gasteiger partial charge is 0.416 e. The molecular formula is C32H37F6N3O4. The second-order valence-electron chi connectivity index (χ2n) is 12.6. The molecule has 1 saturated carbocycles. The lowest BCUT2D eigenvalue weighted by atomic mass is 9.85. The Bertz CT molecular complexity index is 1330. The van der Waals surface area contributed by atoms with E-state index in [0.717, 1.165) is 5.56 Å². The Morgan fingerprint density at radius 3 is 1.93 bits per heavy atom. The van der Waals surface area contributed by atoms with E-state index < -0.39 is 52.7 Å². The number of halogens is 6. The largest absolute Gasteiger partial charge is 0.444 e. The van der Waals surface area contributed by atoms with Gasteiger partial charge in [0.25, 0.3) is 5.91 Å². The van der Waals surface area contributed by atoms with Gasteiger partial charge in [-0.2, -0.15) is 26.3 Å². The van der Waals surface area contributed by atoms with Crippen molar-refractivity contribution in [2.75, 3.05) is 6.54 Å². The molecule has 0 spiro atoms. The fourth-order valence-corrected chi connectivity index (χ4v) is 5.87. The molecule has 1 heterocycles. The minimum Gasteiger partial charge on any atom is -0.444 e. The van der Waals surface area contributed by atoms with Gasteiger partial charge in [0, 0.05) is 18.2 Å². The van der Waals surface area contributed by atoms with Gasteiger partial charge in [-0.05, 0) is 89.0 Å². The molecule has 2 aromatic rings. The Balaban J connectivity index is 1.33. The zero-order chi connectivity index (χ0) is 33.2. The van der Waals surface area contributed by atoms with Crippen molar-refractivity contribution in [3.05, 3.63) is 70.8 Å². The molecule has 2 aliphatic rings. The number of hydrogen-bond donors (Lipinski definition) is 2. The molecule has 2 atom stereocenters. The van der Waals surface area contributed by atoms with Gasteiger partial charge >= 0.3 is 18.4 Å². The fraction of sp³-hybridized carbons (Fsp3) is 0.531. The maximum absolute atomic E-state index is 13.4. The van der Waals surface area contributed by atoms with Crippen LogP contribution in [0.3, 0.4) is 0 Å². The number of ether oxygens (including phenoxy) is 1. The highest BCUT2D eigenvalue weighted by Gasteiger charge is 2.44. The Morgan fingerprint density at radius 1 is 0.822 bits per heavy atom. The third-order valence-electron chi connectivity index (χ3n) is 8.07. The summed E-state index contributed by atoms with van der Waals surface area (Å²) in [6.45, 7) is 5.33. The number of likely N-dealkylation sites (tertiary alicyclic amines) is 1. The number of amides is 3. The molecule has 2 N–H and O–H groups in total. The molecule has 45 heavy (non-hydrogen) atoms. The molecule has 7 nitrogen and oxygen atoms in total. The zero-order valence-electron chi connectivity index (χ0n) is 25.2. The second kappa shape index (κ2) is 13.3.